The standard InChI is InChI=1S/C11H15NO2S/c1-9-4-6-10(7-5-9)15-8-12(2)11(13)14-3/h4-7H,8H2,1-3H3. The van der Waals surface area contributed by atoms with E-state index in [9.17, 15) is 4.79 Å². The number of thioether (sulfide) groups is 1. The molecule has 1 aromatic rings. The molecule has 4 heteroatoms. The van der Waals surface area contributed by atoms with Crippen molar-refractivity contribution in [3.63, 3.8) is 0 Å². The van der Waals surface area contributed by atoms with Crippen LogP contribution in [0.15, 0.2) is 29.2 Å². The molecule has 1 aromatic carbocycles. The number of benzene rings is 1. The first-order valence-electron chi connectivity index (χ1n) is 4.62. The molecule has 0 radical (unpaired) electrons. The predicted molar refractivity (Wildman–Crippen MR) is 62.1 cm³/mol. The van der Waals surface area contributed by atoms with Crippen LogP contribution in [-0.2, 0) is 4.74 Å². The average Bonchev–Trinajstić information content (AvgIpc) is 2.26. The molecule has 0 aromatic heterocycles. The van der Waals surface area contributed by atoms with Gasteiger partial charge in [-0.1, -0.05) is 17.7 Å². The molecule has 0 bridgehead atoms. The van der Waals surface area contributed by atoms with Crippen LogP contribution >= 0.6 is 11.8 Å². The summed E-state index contributed by atoms with van der Waals surface area (Å²) in [5, 5.41) is 0. The Hall–Kier alpha value is -1.16. The molecular formula is C11H15NO2S. The van der Waals surface area contributed by atoms with Crippen LogP contribution in [0.4, 0.5) is 4.79 Å². The topological polar surface area (TPSA) is 29.5 Å². The lowest BCUT2D eigenvalue weighted by Gasteiger charge is -2.14. The number of methoxy groups -OCH3 is 1. The zero-order valence-electron chi connectivity index (χ0n) is 9.19. The van der Waals surface area contributed by atoms with Gasteiger partial charge in [-0.05, 0) is 19.1 Å². The smallest absolute Gasteiger partial charge is 0.409 e. The number of aryl methyl sites for hydroxylation is 1. The van der Waals surface area contributed by atoms with Crippen molar-refractivity contribution in [2.45, 2.75) is 11.8 Å². The van der Waals surface area contributed by atoms with Crippen molar-refractivity contribution in [2.24, 2.45) is 0 Å². The minimum Gasteiger partial charge on any atom is -0.453 e. The summed E-state index contributed by atoms with van der Waals surface area (Å²) in [6.07, 6.45) is -0.311. The fourth-order valence-electron chi connectivity index (χ4n) is 1.01. The van der Waals surface area contributed by atoms with Gasteiger partial charge >= 0.3 is 6.09 Å². The van der Waals surface area contributed by atoms with Crippen molar-refractivity contribution in [3.05, 3.63) is 29.8 Å². The molecule has 0 heterocycles. The second-order valence-electron chi connectivity index (χ2n) is 3.25. The Morgan fingerprint density at radius 3 is 2.53 bits per heavy atom. The molecule has 3 nitrogen and oxygen atoms in total. The van der Waals surface area contributed by atoms with Gasteiger partial charge in [-0.2, -0.15) is 0 Å². The highest BCUT2D eigenvalue weighted by molar-refractivity contribution is 7.99. The van der Waals surface area contributed by atoms with Gasteiger partial charge in [-0.3, -0.25) is 0 Å². The summed E-state index contributed by atoms with van der Waals surface area (Å²) in [5.74, 6) is 0.593. The quantitative estimate of drug-likeness (QED) is 0.585. The van der Waals surface area contributed by atoms with E-state index in [2.05, 4.69) is 23.8 Å². The first kappa shape index (κ1) is 11.9. The van der Waals surface area contributed by atoms with E-state index in [4.69, 9.17) is 0 Å². The Bertz CT molecular complexity index is 324. The third kappa shape index (κ3) is 3.83. The second kappa shape index (κ2) is 5.66. The van der Waals surface area contributed by atoms with Crippen LogP contribution in [0.5, 0.6) is 0 Å². The normalized spacial score (nSPS) is 9.80. The van der Waals surface area contributed by atoms with Crippen LogP contribution < -0.4 is 0 Å². The van der Waals surface area contributed by atoms with Crippen molar-refractivity contribution in [1.29, 1.82) is 0 Å². The van der Waals surface area contributed by atoms with Crippen LogP contribution in [-0.4, -0.2) is 31.0 Å². The summed E-state index contributed by atoms with van der Waals surface area (Å²) in [7, 11) is 3.10. The van der Waals surface area contributed by atoms with E-state index >= 15 is 0 Å². The predicted octanol–water partition coefficient (Wildman–Crippen LogP) is 2.74. The maximum atomic E-state index is 11.1. The maximum absolute atomic E-state index is 11.1. The summed E-state index contributed by atoms with van der Waals surface area (Å²) >= 11 is 1.61. The van der Waals surface area contributed by atoms with Crippen molar-refractivity contribution >= 4 is 17.9 Å². The third-order valence-electron chi connectivity index (χ3n) is 1.93. The molecule has 0 saturated carbocycles. The number of amides is 1. The molecule has 0 unspecified atom stereocenters. The zero-order valence-corrected chi connectivity index (χ0v) is 10.0. The van der Waals surface area contributed by atoms with Gasteiger partial charge < -0.3 is 9.64 Å². The van der Waals surface area contributed by atoms with Crippen LogP contribution in [0.25, 0.3) is 0 Å². The van der Waals surface area contributed by atoms with Crippen molar-refractivity contribution in [1.82, 2.24) is 4.90 Å². The molecule has 82 valence electrons. The van der Waals surface area contributed by atoms with E-state index in [-0.39, 0.29) is 6.09 Å². The van der Waals surface area contributed by atoms with Crippen LogP contribution in [0.1, 0.15) is 5.56 Å². The number of carbonyl (C=O) groups is 1. The lowest BCUT2D eigenvalue weighted by molar-refractivity contribution is 0.140. The van der Waals surface area contributed by atoms with Crippen molar-refractivity contribution in [3.8, 4) is 0 Å². The van der Waals surface area contributed by atoms with E-state index in [1.165, 1.54) is 17.6 Å². The Morgan fingerprint density at radius 1 is 1.40 bits per heavy atom. The summed E-state index contributed by atoms with van der Waals surface area (Å²) in [6, 6.07) is 8.21. The molecule has 0 N–H and O–H groups in total. The number of hydrogen-bond donors (Lipinski definition) is 0. The van der Waals surface area contributed by atoms with E-state index in [1.807, 2.05) is 12.1 Å². The summed E-state index contributed by atoms with van der Waals surface area (Å²) in [6.45, 7) is 2.05. The molecule has 0 aliphatic carbocycles. The van der Waals surface area contributed by atoms with Gasteiger partial charge in [0.05, 0.1) is 13.0 Å². The van der Waals surface area contributed by atoms with Crippen LogP contribution in [0, 0.1) is 6.92 Å². The Morgan fingerprint density at radius 2 is 2.00 bits per heavy atom. The van der Waals surface area contributed by atoms with Gasteiger partial charge in [0.15, 0.2) is 0 Å². The average molecular weight is 225 g/mol. The SMILES string of the molecule is COC(=O)N(C)CSc1ccc(C)cc1. The molecule has 0 atom stereocenters. The molecule has 1 amide bonds. The molecular weight excluding hydrogens is 210 g/mol. The summed E-state index contributed by atoms with van der Waals surface area (Å²) in [4.78, 5) is 13.8. The highest BCUT2D eigenvalue weighted by Gasteiger charge is 2.07. The van der Waals surface area contributed by atoms with Gasteiger partial charge in [0, 0.05) is 11.9 Å². The van der Waals surface area contributed by atoms with E-state index in [1.54, 1.807) is 18.8 Å². The largest absolute Gasteiger partial charge is 0.453 e. The molecule has 1 rings (SSSR count). The van der Waals surface area contributed by atoms with Crippen LogP contribution in [0.3, 0.4) is 0 Å². The first-order chi connectivity index (χ1) is 7.13. The number of carbonyl (C=O) groups excluding carboxylic acids is 1. The van der Waals surface area contributed by atoms with Crippen molar-refractivity contribution < 1.29 is 9.53 Å². The van der Waals surface area contributed by atoms with Gasteiger partial charge in [0.25, 0.3) is 0 Å². The minimum absolute atomic E-state index is 0.311. The highest BCUT2D eigenvalue weighted by Crippen LogP contribution is 2.18. The van der Waals surface area contributed by atoms with Gasteiger partial charge in [0.1, 0.15) is 0 Å². The molecule has 0 aliphatic heterocycles. The van der Waals surface area contributed by atoms with E-state index in [0.29, 0.717) is 5.88 Å². The van der Waals surface area contributed by atoms with Crippen LogP contribution in [0.2, 0.25) is 0 Å². The van der Waals surface area contributed by atoms with Gasteiger partial charge in [-0.15, -0.1) is 11.8 Å². The van der Waals surface area contributed by atoms with E-state index in [0.717, 1.165) is 4.90 Å². The third-order valence-corrected chi connectivity index (χ3v) is 3.05. The molecule has 15 heavy (non-hydrogen) atoms. The monoisotopic (exact) mass is 225 g/mol. The van der Waals surface area contributed by atoms with Gasteiger partial charge in [-0.25, -0.2) is 4.79 Å². The van der Waals surface area contributed by atoms with E-state index < -0.39 is 0 Å². The molecule has 0 aliphatic rings. The second-order valence-corrected chi connectivity index (χ2v) is 4.27. The van der Waals surface area contributed by atoms with Gasteiger partial charge in [0.2, 0.25) is 0 Å². The number of nitrogens with zero attached hydrogens (tertiary/aromatic N) is 1. The molecule has 0 spiro atoms. The Balaban J connectivity index is 2.43. The lowest BCUT2D eigenvalue weighted by Crippen LogP contribution is -2.25. The Kier molecular flexibility index (Phi) is 4.49. The summed E-state index contributed by atoms with van der Waals surface area (Å²) < 4.78 is 4.59. The zero-order chi connectivity index (χ0) is 11.3. The maximum Gasteiger partial charge on any atom is 0.409 e. The number of rotatable bonds is 3. The first-order valence-corrected chi connectivity index (χ1v) is 5.60. The minimum atomic E-state index is -0.311. The Labute approximate surface area is 94.4 Å². The molecule has 0 fully saturated rings. The van der Waals surface area contributed by atoms with Crippen molar-refractivity contribution in [2.75, 3.05) is 20.0 Å². The highest BCUT2D eigenvalue weighted by atomic mass is 32.2. The molecule has 0 saturated heterocycles. The number of hydrogen-bond acceptors (Lipinski definition) is 3. The number of ether oxygens (including phenoxy) is 1. The fourth-order valence-corrected chi connectivity index (χ4v) is 1.79. The summed E-state index contributed by atoms with van der Waals surface area (Å²) in [5.41, 5.74) is 1.24. The lowest BCUT2D eigenvalue weighted by atomic mass is 10.2. The fraction of sp³-hybridized carbons (Fsp3) is 0.364.